The van der Waals surface area contributed by atoms with Gasteiger partial charge >= 0.3 is 0 Å². The van der Waals surface area contributed by atoms with Gasteiger partial charge in [0, 0.05) is 45.7 Å². The van der Waals surface area contributed by atoms with E-state index in [2.05, 4.69) is 29.2 Å². The maximum Gasteiger partial charge on any atom is 0.232 e. The molecule has 32 heavy (non-hydrogen) atoms. The smallest absolute Gasteiger partial charge is 0.232 e. The minimum absolute atomic E-state index is 0.0389. The Labute approximate surface area is 190 Å². The lowest BCUT2D eigenvalue weighted by molar-refractivity contribution is -0.132. The van der Waals surface area contributed by atoms with Crippen LogP contribution in [0.4, 0.5) is 10.1 Å². The lowest BCUT2D eigenvalue weighted by Crippen LogP contribution is -2.48. The minimum Gasteiger partial charge on any atom is -0.340 e. The number of nitrogens with zero attached hydrogens (tertiary/aromatic N) is 3. The Morgan fingerprint density at radius 3 is 2.31 bits per heavy atom. The molecule has 2 aromatic rings. The molecule has 0 N–H and O–H groups in total. The van der Waals surface area contributed by atoms with Crippen LogP contribution < -0.4 is 4.31 Å². The summed E-state index contributed by atoms with van der Waals surface area (Å²) < 4.78 is 38.6. The molecule has 3 rings (SSSR count). The summed E-state index contributed by atoms with van der Waals surface area (Å²) in [7, 11) is -3.52. The Bertz CT molecular complexity index is 1000. The number of sulfonamides is 1. The van der Waals surface area contributed by atoms with Gasteiger partial charge in [0.05, 0.1) is 11.9 Å². The lowest BCUT2D eigenvalue weighted by atomic mass is 10.2. The highest BCUT2D eigenvalue weighted by Gasteiger charge is 2.22. The number of anilines is 1. The van der Waals surface area contributed by atoms with Crippen LogP contribution in [0.15, 0.2) is 60.7 Å². The Morgan fingerprint density at radius 1 is 1.03 bits per heavy atom. The molecule has 8 heteroatoms. The van der Waals surface area contributed by atoms with Crippen molar-refractivity contribution in [1.29, 1.82) is 0 Å². The summed E-state index contributed by atoms with van der Waals surface area (Å²) in [6, 6.07) is 15.5. The van der Waals surface area contributed by atoms with E-state index in [0.29, 0.717) is 25.2 Å². The van der Waals surface area contributed by atoms with Crippen molar-refractivity contribution < 1.29 is 17.6 Å². The van der Waals surface area contributed by atoms with E-state index in [1.54, 1.807) is 0 Å². The summed E-state index contributed by atoms with van der Waals surface area (Å²) >= 11 is 0. The van der Waals surface area contributed by atoms with Gasteiger partial charge in [0.2, 0.25) is 15.9 Å². The van der Waals surface area contributed by atoms with E-state index in [9.17, 15) is 17.6 Å². The quantitative estimate of drug-likeness (QED) is 0.578. The third-order valence-electron chi connectivity index (χ3n) is 5.47. The van der Waals surface area contributed by atoms with Crippen LogP contribution in [0.5, 0.6) is 0 Å². The van der Waals surface area contributed by atoms with Crippen molar-refractivity contribution in [3.8, 4) is 0 Å². The normalized spacial score (nSPS) is 15.2. The molecule has 6 nitrogen and oxygen atoms in total. The zero-order chi connectivity index (χ0) is 23.0. The molecule has 1 fully saturated rings. The first-order valence-corrected chi connectivity index (χ1v) is 12.6. The number of carbonyl (C=O) groups excluding carboxylic acids is 1. The van der Waals surface area contributed by atoms with Crippen LogP contribution in [0.1, 0.15) is 18.4 Å². The molecular weight excluding hydrogens is 429 g/mol. The molecule has 1 aliphatic heterocycles. The van der Waals surface area contributed by atoms with Gasteiger partial charge in [0.1, 0.15) is 5.82 Å². The van der Waals surface area contributed by atoms with Crippen molar-refractivity contribution in [1.82, 2.24) is 9.80 Å². The van der Waals surface area contributed by atoms with Gasteiger partial charge < -0.3 is 4.90 Å². The van der Waals surface area contributed by atoms with Crippen molar-refractivity contribution in [3.63, 3.8) is 0 Å². The largest absolute Gasteiger partial charge is 0.340 e. The van der Waals surface area contributed by atoms with Crippen molar-refractivity contribution in [3.05, 3.63) is 72.1 Å². The lowest BCUT2D eigenvalue weighted by Gasteiger charge is -2.34. The van der Waals surface area contributed by atoms with Crippen LogP contribution >= 0.6 is 0 Å². The maximum atomic E-state index is 13.2. The number of halogens is 1. The van der Waals surface area contributed by atoms with E-state index in [1.807, 2.05) is 23.1 Å². The molecule has 2 aromatic carbocycles. The number of hydrogen-bond acceptors (Lipinski definition) is 4. The first-order chi connectivity index (χ1) is 15.3. The number of rotatable bonds is 9. The Balaban J connectivity index is 1.42. The predicted molar refractivity (Wildman–Crippen MR) is 126 cm³/mol. The summed E-state index contributed by atoms with van der Waals surface area (Å²) in [5.74, 6) is -0.385. The molecule has 0 unspecified atom stereocenters. The third kappa shape index (κ3) is 7.17. The standard InChI is InChI=1S/C24H30FN3O3S/c1-32(30,31)28(23-13-11-22(25)12-14-23)16-6-10-24(29)27-19-17-26(18-20-27)15-5-9-21-7-3-2-4-8-21/h2-5,7-9,11-14H,6,10,15-20H2,1H3/b9-5+. The van der Waals surface area contributed by atoms with E-state index in [0.717, 1.165) is 25.9 Å². The van der Waals surface area contributed by atoms with Crippen LogP contribution in [-0.4, -0.2) is 69.6 Å². The second-order valence-corrected chi connectivity index (χ2v) is 9.82. The molecule has 0 bridgehead atoms. The minimum atomic E-state index is -3.52. The summed E-state index contributed by atoms with van der Waals surface area (Å²) in [5.41, 5.74) is 1.57. The van der Waals surface area contributed by atoms with E-state index in [1.165, 1.54) is 34.1 Å². The van der Waals surface area contributed by atoms with Crippen LogP contribution in [0, 0.1) is 5.82 Å². The number of hydrogen-bond donors (Lipinski definition) is 0. The molecule has 0 spiro atoms. The predicted octanol–water partition coefficient (Wildman–Crippen LogP) is 3.23. The van der Waals surface area contributed by atoms with Gasteiger partial charge in [0.25, 0.3) is 0 Å². The van der Waals surface area contributed by atoms with E-state index >= 15 is 0 Å². The molecule has 1 saturated heterocycles. The monoisotopic (exact) mass is 459 g/mol. The first kappa shape index (κ1) is 23.9. The van der Waals surface area contributed by atoms with E-state index in [-0.39, 0.29) is 18.9 Å². The highest BCUT2D eigenvalue weighted by Crippen LogP contribution is 2.19. The van der Waals surface area contributed by atoms with Crippen LogP contribution in [0.25, 0.3) is 6.08 Å². The number of piperazine rings is 1. The van der Waals surface area contributed by atoms with Crippen molar-refractivity contribution in [2.45, 2.75) is 12.8 Å². The number of amides is 1. The molecule has 172 valence electrons. The molecular formula is C24H30FN3O3S. The van der Waals surface area contributed by atoms with Crippen LogP contribution in [0.2, 0.25) is 0 Å². The average Bonchev–Trinajstić information content (AvgIpc) is 2.78. The SMILES string of the molecule is CS(=O)(=O)N(CCCC(=O)N1CCN(C/C=C/c2ccccc2)CC1)c1ccc(F)cc1. The van der Waals surface area contributed by atoms with Gasteiger partial charge in [-0.05, 0) is 36.2 Å². The molecule has 0 saturated carbocycles. The Hall–Kier alpha value is -2.71. The fourth-order valence-corrected chi connectivity index (χ4v) is 4.67. The molecule has 0 radical (unpaired) electrons. The molecule has 0 atom stereocenters. The highest BCUT2D eigenvalue weighted by molar-refractivity contribution is 7.92. The summed E-state index contributed by atoms with van der Waals surface area (Å²) in [4.78, 5) is 16.7. The van der Waals surface area contributed by atoms with Gasteiger partial charge in [-0.3, -0.25) is 14.0 Å². The topological polar surface area (TPSA) is 60.9 Å². The average molecular weight is 460 g/mol. The molecule has 1 heterocycles. The van der Waals surface area contributed by atoms with Crippen LogP contribution in [-0.2, 0) is 14.8 Å². The van der Waals surface area contributed by atoms with Crippen molar-refractivity contribution in [2.24, 2.45) is 0 Å². The maximum absolute atomic E-state index is 13.2. The number of benzene rings is 2. The van der Waals surface area contributed by atoms with Gasteiger partial charge in [-0.25, -0.2) is 12.8 Å². The Morgan fingerprint density at radius 2 is 1.69 bits per heavy atom. The van der Waals surface area contributed by atoms with Gasteiger partial charge in [-0.1, -0.05) is 42.5 Å². The molecule has 1 amide bonds. The van der Waals surface area contributed by atoms with Gasteiger partial charge in [0.15, 0.2) is 0 Å². The number of carbonyl (C=O) groups is 1. The highest BCUT2D eigenvalue weighted by atomic mass is 32.2. The van der Waals surface area contributed by atoms with E-state index in [4.69, 9.17) is 0 Å². The zero-order valence-electron chi connectivity index (χ0n) is 18.4. The van der Waals surface area contributed by atoms with Gasteiger partial charge in [-0.15, -0.1) is 0 Å². The first-order valence-electron chi connectivity index (χ1n) is 10.8. The third-order valence-corrected chi connectivity index (χ3v) is 6.66. The zero-order valence-corrected chi connectivity index (χ0v) is 19.2. The summed E-state index contributed by atoms with van der Waals surface area (Å²) in [5, 5.41) is 0. The summed E-state index contributed by atoms with van der Waals surface area (Å²) in [6.45, 7) is 4.00. The second-order valence-electron chi connectivity index (χ2n) is 7.91. The summed E-state index contributed by atoms with van der Waals surface area (Å²) in [6.07, 6.45) is 6.04. The van der Waals surface area contributed by atoms with Crippen molar-refractivity contribution >= 4 is 27.7 Å². The molecule has 0 aromatic heterocycles. The fraction of sp³-hybridized carbons (Fsp3) is 0.375. The van der Waals surface area contributed by atoms with Crippen LogP contribution in [0.3, 0.4) is 0 Å². The molecule has 0 aliphatic carbocycles. The second kappa shape index (κ2) is 11.2. The van der Waals surface area contributed by atoms with Gasteiger partial charge in [-0.2, -0.15) is 0 Å². The molecule has 1 aliphatic rings. The Kier molecular flexibility index (Phi) is 8.41. The van der Waals surface area contributed by atoms with Crippen molar-refractivity contribution in [2.75, 3.05) is 49.8 Å². The van der Waals surface area contributed by atoms with E-state index < -0.39 is 15.8 Å². The fourth-order valence-electron chi connectivity index (χ4n) is 3.71.